The number of likely N-dealkylation sites (N-methyl/N-ethyl adjacent to an activating group) is 1. The third-order valence-corrected chi connectivity index (χ3v) is 1.27. The summed E-state index contributed by atoms with van der Waals surface area (Å²) in [6.07, 6.45) is 0. The zero-order valence-electron chi connectivity index (χ0n) is 5.57. The number of nitrogens with zero attached hydrogens (tertiary/aromatic N) is 1. The van der Waals surface area contributed by atoms with Gasteiger partial charge in [0.1, 0.15) is 0 Å². The van der Waals surface area contributed by atoms with Crippen LogP contribution in [0.3, 0.4) is 0 Å². The van der Waals surface area contributed by atoms with Gasteiger partial charge in [-0.25, -0.2) is 0 Å². The third-order valence-electron chi connectivity index (χ3n) is 0.824. The van der Waals surface area contributed by atoms with Gasteiger partial charge in [0, 0.05) is 0 Å². The van der Waals surface area contributed by atoms with Crippen molar-refractivity contribution in [3.05, 3.63) is 0 Å². The molecule has 0 aromatic heterocycles. The second-order valence-corrected chi connectivity index (χ2v) is 3.43. The Bertz CT molecular complexity index is 59.9. The van der Waals surface area contributed by atoms with Crippen LogP contribution in [0.4, 0.5) is 0 Å². The topological polar surface area (TPSA) is 9.23 Å². The molecule has 0 atom stereocenters. The summed E-state index contributed by atoms with van der Waals surface area (Å²) in [5.41, 5.74) is 0. The van der Waals surface area contributed by atoms with E-state index in [0.717, 1.165) is 17.6 Å². The van der Waals surface area contributed by atoms with Crippen LogP contribution in [0.25, 0.3) is 0 Å². The summed E-state index contributed by atoms with van der Waals surface area (Å²) in [5.74, 6) is 0. The molecule has 0 spiro atoms. The molecule has 0 saturated carbocycles. The molecule has 0 bridgehead atoms. The van der Waals surface area contributed by atoms with Crippen molar-refractivity contribution in [2.75, 3.05) is 34.3 Å². The molecule has 0 amide bonds. The van der Waals surface area contributed by atoms with E-state index in [9.17, 15) is 0 Å². The molecule has 0 aromatic rings. The van der Waals surface area contributed by atoms with Gasteiger partial charge in [0.2, 0.25) is 0 Å². The summed E-state index contributed by atoms with van der Waals surface area (Å²) >= 11 is 2.08. The van der Waals surface area contributed by atoms with Crippen LogP contribution in [-0.4, -0.2) is 38.8 Å². The van der Waals surface area contributed by atoms with E-state index in [4.69, 9.17) is 3.24 Å². The van der Waals surface area contributed by atoms with Crippen LogP contribution in [0.2, 0.25) is 0 Å². The second-order valence-electron chi connectivity index (χ2n) is 2.81. The minimum atomic E-state index is 0.826. The molecule has 0 saturated heterocycles. The Kier molecular flexibility index (Phi) is 3.94. The molecule has 8 heavy (non-hydrogen) atoms. The van der Waals surface area contributed by atoms with E-state index >= 15 is 0 Å². The van der Waals surface area contributed by atoms with E-state index in [1.165, 1.54) is 0 Å². The van der Waals surface area contributed by atoms with Crippen LogP contribution in [0.5, 0.6) is 0 Å². The van der Waals surface area contributed by atoms with E-state index in [1.807, 2.05) is 0 Å². The van der Waals surface area contributed by atoms with Crippen molar-refractivity contribution in [2.24, 2.45) is 0 Å². The van der Waals surface area contributed by atoms with E-state index in [0.29, 0.717) is 0 Å². The van der Waals surface area contributed by atoms with Gasteiger partial charge in [-0.05, 0) is 0 Å². The Labute approximate surface area is 63.8 Å². The van der Waals surface area contributed by atoms with Crippen molar-refractivity contribution < 1.29 is 29.2 Å². The first kappa shape index (κ1) is 8.66. The first-order chi connectivity index (χ1) is 3.56. The molecule has 0 fully saturated rings. The Morgan fingerprint density at radius 3 is 2.00 bits per heavy atom. The van der Waals surface area contributed by atoms with Gasteiger partial charge >= 0.3 is 63.5 Å². The molecule has 0 aliphatic rings. The molecule has 0 N–H and O–H groups in total. The maximum absolute atomic E-state index is 4.85. The predicted molar refractivity (Wildman–Crippen MR) is 28.9 cm³/mol. The monoisotopic (exact) mass is 300 g/mol. The molecular formula is C5H13AuNO+. The Hall–Kier alpha value is 0.660. The van der Waals surface area contributed by atoms with Gasteiger partial charge < -0.3 is 0 Å². The molecule has 0 aliphatic heterocycles. The van der Waals surface area contributed by atoms with Gasteiger partial charge in [0.15, 0.2) is 0 Å². The molecule has 0 rings (SSSR count). The molecule has 2 nitrogen and oxygen atoms in total. The van der Waals surface area contributed by atoms with Gasteiger partial charge in [-0.15, -0.1) is 0 Å². The normalized spacial score (nSPS) is 12.1. The predicted octanol–water partition coefficient (Wildman–Crippen LogP) is 0.171. The minimum absolute atomic E-state index is 0.826. The number of rotatable bonds is 3. The van der Waals surface area contributed by atoms with Crippen molar-refractivity contribution in [1.29, 1.82) is 0 Å². The van der Waals surface area contributed by atoms with Crippen LogP contribution in [-0.2, 0) is 24.7 Å². The summed E-state index contributed by atoms with van der Waals surface area (Å²) in [4.78, 5) is 0. The zero-order valence-corrected chi connectivity index (χ0v) is 7.74. The average Bonchev–Trinajstić information content (AvgIpc) is 1.59. The summed E-state index contributed by atoms with van der Waals surface area (Å²) < 4.78 is 5.82. The Balaban J connectivity index is 3.11. The third kappa shape index (κ3) is 6.66. The van der Waals surface area contributed by atoms with E-state index in [1.54, 1.807) is 0 Å². The van der Waals surface area contributed by atoms with Gasteiger partial charge in [0.05, 0.1) is 0 Å². The fourth-order valence-electron chi connectivity index (χ4n) is 0.301. The van der Waals surface area contributed by atoms with E-state index in [2.05, 4.69) is 42.6 Å². The second kappa shape index (κ2) is 3.64. The van der Waals surface area contributed by atoms with Crippen LogP contribution in [0.15, 0.2) is 0 Å². The van der Waals surface area contributed by atoms with E-state index in [-0.39, 0.29) is 0 Å². The zero-order chi connectivity index (χ0) is 6.62. The summed E-state index contributed by atoms with van der Waals surface area (Å²) in [5, 5.41) is 0. The van der Waals surface area contributed by atoms with Crippen molar-refractivity contribution in [2.45, 2.75) is 0 Å². The number of quaternary nitrogens is 1. The average molecular weight is 300 g/mol. The molecule has 0 aromatic carbocycles. The summed E-state index contributed by atoms with van der Waals surface area (Å²) in [6.45, 7) is 1.89. The number of hydrogen-bond donors (Lipinski definition) is 0. The summed E-state index contributed by atoms with van der Waals surface area (Å²) in [6, 6.07) is 0. The van der Waals surface area contributed by atoms with Crippen molar-refractivity contribution >= 4 is 0 Å². The molecule has 54 valence electrons. The quantitative estimate of drug-likeness (QED) is 0.533. The standard InChI is InChI=1S/C5H13NO.Au/c1-6(2,3)4-5-7;/h4-5H2,1-3H3;/q;+1. The molecule has 0 radical (unpaired) electrons. The number of hydrogen-bond acceptors (Lipinski definition) is 1. The fraction of sp³-hybridized carbons (Fsp3) is 1.00. The van der Waals surface area contributed by atoms with Gasteiger partial charge in [-0.1, -0.05) is 0 Å². The summed E-state index contributed by atoms with van der Waals surface area (Å²) in [7, 11) is 6.44. The molecule has 3 heteroatoms. The van der Waals surface area contributed by atoms with Gasteiger partial charge in [-0.2, -0.15) is 0 Å². The molecule has 0 aliphatic carbocycles. The van der Waals surface area contributed by atoms with Crippen molar-refractivity contribution in [1.82, 2.24) is 0 Å². The van der Waals surface area contributed by atoms with Gasteiger partial charge in [-0.3, -0.25) is 0 Å². The van der Waals surface area contributed by atoms with Crippen LogP contribution in [0, 0.1) is 0 Å². The van der Waals surface area contributed by atoms with Crippen molar-refractivity contribution in [3.8, 4) is 0 Å². The maximum atomic E-state index is 4.85. The first-order valence-corrected chi connectivity index (χ1v) is 3.45. The van der Waals surface area contributed by atoms with Crippen molar-refractivity contribution in [3.63, 3.8) is 0 Å². The first-order valence-electron chi connectivity index (χ1n) is 2.57. The molecular weight excluding hydrogens is 287 g/mol. The molecule has 0 heterocycles. The van der Waals surface area contributed by atoms with Crippen LogP contribution >= 0.6 is 0 Å². The van der Waals surface area contributed by atoms with Crippen LogP contribution in [0.1, 0.15) is 0 Å². The molecule has 0 unspecified atom stereocenters. The Morgan fingerprint density at radius 2 is 1.88 bits per heavy atom. The van der Waals surface area contributed by atoms with E-state index < -0.39 is 0 Å². The SMILES string of the molecule is C[N+](C)(C)CC[O][Au]. The fourth-order valence-corrected chi connectivity index (χ4v) is 0.499. The van der Waals surface area contributed by atoms with Crippen LogP contribution < -0.4 is 0 Å². The van der Waals surface area contributed by atoms with Gasteiger partial charge in [0.25, 0.3) is 0 Å². The Morgan fingerprint density at radius 1 is 1.38 bits per heavy atom.